The maximum atomic E-state index is 13.6. The summed E-state index contributed by atoms with van der Waals surface area (Å²) in [7, 11) is 1.36. The molecule has 16 heavy (non-hydrogen) atoms. The van der Waals surface area contributed by atoms with E-state index < -0.39 is 17.9 Å². The van der Waals surface area contributed by atoms with Crippen molar-refractivity contribution in [3.8, 4) is 5.75 Å². The van der Waals surface area contributed by atoms with Crippen LogP contribution in [-0.4, -0.2) is 24.3 Å². The fourth-order valence-corrected chi connectivity index (χ4v) is 1.11. The minimum Gasteiger partial charge on any atom is -0.494 e. The second kappa shape index (κ2) is 5.46. The maximum absolute atomic E-state index is 13.6. The van der Waals surface area contributed by atoms with Crippen LogP contribution in [0.5, 0.6) is 5.75 Å². The minimum absolute atomic E-state index is 0.101. The van der Waals surface area contributed by atoms with Gasteiger partial charge in [0.15, 0.2) is 17.7 Å². The lowest BCUT2D eigenvalue weighted by Gasteiger charge is -2.10. The van der Waals surface area contributed by atoms with Crippen LogP contribution < -0.4 is 4.74 Å². The highest BCUT2D eigenvalue weighted by molar-refractivity contribution is 5.71. The molecule has 1 aromatic rings. The molecule has 0 aliphatic heterocycles. The topological polar surface area (TPSA) is 55.8 Å². The summed E-state index contributed by atoms with van der Waals surface area (Å²) in [5.74, 6) is -1.49. The molecule has 1 N–H and O–H groups in total. The van der Waals surface area contributed by atoms with Gasteiger partial charge in [-0.25, -0.2) is 9.18 Å². The van der Waals surface area contributed by atoms with E-state index in [9.17, 15) is 9.18 Å². The Hall–Kier alpha value is -1.62. The summed E-state index contributed by atoms with van der Waals surface area (Å²) in [6.07, 6.45) is -0.967. The summed E-state index contributed by atoms with van der Waals surface area (Å²) < 4.78 is 23.3. The summed E-state index contributed by atoms with van der Waals surface area (Å²) in [6.45, 7) is 1.29. The summed E-state index contributed by atoms with van der Waals surface area (Å²) in [5, 5.41) is 8.59. The van der Waals surface area contributed by atoms with Crippen molar-refractivity contribution in [3.63, 3.8) is 0 Å². The van der Waals surface area contributed by atoms with Crippen LogP contribution in [0.15, 0.2) is 18.2 Å². The van der Waals surface area contributed by atoms with Crippen molar-refractivity contribution in [3.05, 3.63) is 29.6 Å². The third-order valence-electron chi connectivity index (χ3n) is 2.10. The Morgan fingerprint density at radius 3 is 2.81 bits per heavy atom. The van der Waals surface area contributed by atoms with Gasteiger partial charge in [0.05, 0.1) is 13.7 Å². The third kappa shape index (κ3) is 2.93. The average Bonchev–Trinajstić information content (AvgIpc) is 2.27. The van der Waals surface area contributed by atoms with Crippen molar-refractivity contribution in [2.75, 3.05) is 7.11 Å². The molecule has 1 rings (SSSR count). The second-order valence-electron chi connectivity index (χ2n) is 3.22. The smallest absolute Gasteiger partial charge is 0.332 e. The highest BCUT2D eigenvalue weighted by Crippen LogP contribution is 2.20. The van der Waals surface area contributed by atoms with E-state index in [2.05, 4.69) is 0 Å². The van der Waals surface area contributed by atoms with Gasteiger partial charge < -0.3 is 14.6 Å². The van der Waals surface area contributed by atoms with Crippen LogP contribution in [-0.2, 0) is 16.1 Å². The van der Waals surface area contributed by atoms with Gasteiger partial charge in [-0.15, -0.1) is 0 Å². The SMILES string of the molecule is COc1cccc(COC(C)C(=O)O)c1F. The number of methoxy groups -OCH3 is 1. The molecule has 5 heteroatoms. The molecule has 1 atom stereocenters. The largest absolute Gasteiger partial charge is 0.494 e. The number of hydrogen-bond acceptors (Lipinski definition) is 3. The van der Waals surface area contributed by atoms with Crippen LogP contribution in [0.1, 0.15) is 12.5 Å². The molecule has 1 unspecified atom stereocenters. The summed E-state index contributed by atoms with van der Waals surface area (Å²) in [5.41, 5.74) is 0.271. The van der Waals surface area contributed by atoms with Crippen LogP contribution in [0, 0.1) is 5.82 Å². The van der Waals surface area contributed by atoms with E-state index in [1.54, 1.807) is 6.07 Å². The lowest BCUT2D eigenvalue weighted by molar-refractivity contribution is -0.149. The number of carboxylic acids is 1. The predicted molar refractivity (Wildman–Crippen MR) is 54.8 cm³/mol. The first kappa shape index (κ1) is 12.4. The molecule has 0 fully saturated rings. The predicted octanol–water partition coefficient (Wildman–Crippen LogP) is 1.82. The molecule has 0 spiro atoms. The highest BCUT2D eigenvalue weighted by Gasteiger charge is 2.13. The Labute approximate surface area is 92.6 Å². The summed E-state index contributed by atoms with van der Waals surface area (Å²) in [4.78, 5) is 10.5. The van der Waals surface area contributed by atoms with Gasteiger partial charge in [0, 0.05) is 5.56 Å². The number of halogens is 1. The number of carboxylic acid groups (broad SMARTS) is 1. The minimum atomic E-state index is -1.08. The van der Waals surface area contributed by atoms with Crippen molar-refractivity contribution in [1.29, 1.82) is 0 Å². The van der Waals surface area contributed by atoms with Crippen molar-refractivity contribution in [2.45, 2.75) is 19.6 Å². The number of benzene rings is 1. The first-order valence-electron chi connectivity index (χ1n) is 4.72. The standard InChI is InChI=1S/C11H13FO4/c1-7(11(13)14)16-6-8-4-3-5-9(15-2)10(8)12/h3-5,7H,6H2,1-2H3,(H,13,14). The van der Waals surface area contributed by atoms with E-state index >= 15 is 0 Å². The molecule has 0 aromatic heterocycles. The second-order valence-corrected chi connectivity index (χ2v) is 3.22. The Morgan fingerprint density at radius 2 is 2.25 bits per heavy atom. The van der Waals surface area contributed by atoms with Gasteiger partial charge in [-0.2, -0.15) is 0 Å². The molecule has 0 bridgehead atoms. The van der Waals surface area contributed by atoms with E-state index in [-0.39, 0.29) is 17.9 Å². The molecule has 0 amide bonds. The van der Waals surface area contributed by atoms with Gasteiger partial charge in [-0.05, 0) is 13.0 Å². The van der Waals surface area contributed by atoms with Crippen molar-refractivity contribution < 1.29 is 23.8 Å². The van der Waals surface area contributed by atoms with Crippen LogP contribution in [0.3, 0.4) is 0 Å². The van der Waals surface area contributed by atoms with E-state index in [1.807, 2.05) is 0 Å². The normalized spacial score (nSPS) is 12.2. The molecule has 0 radical (unpaired) electrons. The maximum Gasteiger partial charge on any atom is 0.332 e. The number of aliphatic carboxylic acids is 1. The van der Waals surface area contributed by atoms with Crippen molar-refractivity contribution in [1.82, 2.24) is 0 Å². The van der Waals surface area contributed by atoms with E-state index in [4.69, 9.17) is 14.6 Å². The van der Waals surface area contributed by atoms with Crippen LogP contribution in [0.4, 0.5) is 4.39 Å². The van der Waals surface area contributed by atoms with Gasteiger partial charge >= 0.3 is 5.97 Å². The zero-order chi connectivity index (χ0) is 12.1. The molecule has 0 aliphatic rings. The summed E-state index contributed by atoms with van der Waals surface area (Å²) >= 11 is 0. The number of rotatable bonds is 5. The Balaban J connectivity index is 2.71. The Bertz CT molecular complexity index is 378. The zero-order valence-corrected chi connectivity index (χ0v) is 9.07. The van der Waals surface area contributed by atoms with E-state index in [0.717, 1.165) is 0 Å². The van der Waals surface area contributed by atoms with Crippen LogP contribution >= 0.6 is 0 Å². The molecule has 0 saturated heterocycles. The van der Waals surface area contributed by atoms with Gasteiger partial charge in [0.1, 0.15) is 0 Å². The van der Waals surface area contributed by atoms with Gasteiger partial charge in [0.25, 0.3) is 0 Å². The third-order valence-corrected chi connectivity index (χ3v) is 2.10. The quantitative estimate of drug-likeness (QED) is 0.835. The fourth-order valence-electron chi connectivity index (χ4n) is 1.11. The van der Waals surface area contributed by atoms with Crippen LogP contribution in [0.2, 0.25) is 0 Å². The van der Waals surface area contributed by atoms with Crippen LogP contribution in [0.25, 0.3) is 0 Å². The molecule has 0 aliphatic carbocycles. The summed E-state index contributed by atoms with van der Waals surface area (Å²) in [6, 6.07) is 4.62. The van der Waals surface area contributed by atoms with Gasteiger partial charge in [0.2, 0.25) is 0 Å². The number of hydrogen-bond donors (Lipinski definition) is 1. The molecular formula is C11H13FO4. The Morgan fingerprint density at radius 1 is 1.56 bits per heavy atom. The first-order valence-corrected chi connectivity index (χ1v) is 4.72. The van der Waals surface area contributed by atoms with Gasteiger partial charge in [-0.3, -0.25) is 0 Å². The molecule has 88 valence electrons. The fraction of sp³-hybridized carbons (Fsp3) is 0.364. The average molecular weight is 228 g/mol. The molecule has 0 saturated carbocycles. The lowest BCUT2D eigenvalue weighted by Crippen LogP contribution is -2.19. The zero-order valence-electron chi connectivity index (χ0n) is 9.07. The number of ether oxygens (including phenoxy) is 2. The first-order chi connectivity index (χ1) is 7.56. The van der Waals surface area contributed by atoms with Crippen molar-refractivity contribution in [2.24, 2.45) is 0 Å². The van der Waals surface area contributed by atoms with Crippen molar-refractivity contribution >= 4 is 5.97 Å². The molecule has 0 heterocycles. The number of carbonyl (C=O) groups is 1. The van der Waals surface area contributed by atoms with Gasteiger partial charge in [-0.1, -0.05) is 12.1 Å². The molecular weight excluding hydrogens is 215 g/mol. The molecule has 1 aromatic carbocycles. The molecule has 4 nitrogen and oxygen atoms in total. The monoisotopic (exact) mass is 228 g/mol. The lowest BCUT2D eigenvalue weighted by atomic mass is 10.2. The Kier molecular flexibility index (Phi) is 4.25. The van der Waals surface area contributed by atoms with E-state index in [0.29, 0.717) is 0 Å². The van der Waals surface area contributed by atoms with E-state index in [1.165, 1.54) is 26.2 Å². The highest BCUT2D eigenvalue weighted by atomic mass is 19.1.